The fourth-order valence-electron chi connectivity index (χ4n) is 5.07. The molecule has 2 rings (SSSR count). The van der Waals surface area contributed by atoms with Crippen LogP contribution in [0.1, 0.15) is 59.1 Å². The Morgan fingerprint density at radius 1 is 0.814 bits per heavy atom. The maximum Gasteiger partial charge on any atom is 0.408 e. The summed E-state index contributed by atoms with van der Waals surface area (Å²) in [5.41, 5.74) is 1.04. The van der Waals surface area contributed by atoms with Gasteiger partial charge in [0, 0.05) is 25.0 Å². The molecular formula is C33H50N4O6. The third-order valence-electron chi connectivity index (χ3n) is 7.38. The van der Waals surface area contributed by atoms with E-state index >= 15 is 0 Å². The molecule has 0 saturated carbocycles. The SMILES string of the molecule is CCC(=O)N[C@H](C(=O)N[C@@H](Cc1ccccc1)[C@H](O)CNC[C@@H](O)[C@H](Cc1ccccc1)N(C(=O)O)C(C)(C)C)C(C)C. The van der Waals surface area contributed by atoms with Gasteiger partial charge in [-0.15, -0.1) is 0 Å². The molecule has 43 heavy (non-hydrogen) atoms. The van der Waals surface area contributed by atoms with Crippen LogP contribution < -0.4 is 16.0 Å². The van der Waals surface area contributed by atoms with Gasteiger partial charge in [0.25, 0.3) is 0 Å². The van der Waals surface area contributed by atoms with E-state index in [1.807, 2.05) is 74.5 Å². The summed E-state index contributed by atoms with van der Waals surface area (Å²) in [4.78, 5) is 38.9. The second-order valence-electron chi connectivity index (χ2n) is 12.3. The Balaban J connectivity index is 2.18. The predicted octanol–water partition coefficient (Wildman–Crippen LogP) is 2.97. The molecule has 5 atom stereocenters. The highest BCUT2D eigenvalue weighted by atomic mass is 16.4. The van der Waals surface area contributed by atoms with E-state index in [4.69, 9.17) is 0 Å². The number of nitrogens with zero attached hydrogens (tertiary/aromatic N) is 1. The Bertz CT molecular complexity index is 1140. The lowest BCUT2D eigenvalue weighted by atomic mass is 9.94. The molecule has 0 spiro atoms. The van der Waals surface area contributed by atoms with Crippen LogP contribution in [0.4, 0.5) is 4.79 Å². The number of benzene rings is 2. The molecule has 6 N–H and O–H groups in total. The molecule has 0 saturated heterocycles. The molecule has 10 heteroatoms. The van der Waals surface area contributed by atoms with Gasteiger partial charge in [-0.05, 0) is 50.7 Å². The number of carbonyl (C=O) groups excluding carboxylic acids is 2. The third-order valence-corrected chi connectivity index (χ3v) is 7.38. The molecule has 0 radical (unpaired) electrons. The quantitative estimate of drug-likeness (QED) is 0.174. The number of hydrogen-bond donors (Lipinski definition) is 6. The first kappa shape index (κ1) is 35.7. The summed E-state index contributed by atoms with van der Waals surface area (Å²) in [5.74, 6) is -0.790. The van der Waals surface area contributed by atoms with E-state index in [0.717, 1.165) is 11.1 Å². The summed E-state index contributed by atoms with van der Waals surface area (Å²) in [6, 6.07) is 16.7. The number of rotatable bonds is 16. The highest BCUT2D eigenvalue weighted by Crippen LogP contribution is 2.23. The molecule has 3 amide bonds. The van der Waals surface area contributed by atoms with Crippen molar-refractivity contribution >= 4 is 17.9 Å². The fraction of sp³-hybridized carbons (Fsp3) is 0.545. The molecule has 0 heterocycles. The van der Waals surface area contributed by atoms with Crippen LogP contribution in [-0.2, 0) is 22.4 Å². The molecule has 2 aromatic carbocycles. The van der Waals surface area contributed by atoms with Crippen LogP contribution in [0.5, 0.6) is 0 Å². The lowest BCUT2D eigenvalue weighted by Crippen LogP contribution is -2.59. The van der Waals surface area contributed by atoms with E-state index in [1.54, 1.807) is 27.7 Å². The normalized spacial score (nSPS) is 15.2. The largest absolute Gasteiger partial charge is 0.465 e. The highest BCUT2D eigenvalue weighted by Gasteiger charge is 2.37. The molecule has 0 fully saturated rings. The zero-order valence-corrected chi connectivity index (χ0v) is 26.3. The van der Waals surface area contributed by atoms with Crippen molar-refractivity contribution in [3.8, 4) is 0 Å². The second kappa shape index (κ2) is 17.0. The standard InChI is InChI=1S/C33H50N4O6/c1-7-29(40)36-30(22(2)3)31(41)35-25(18-23-14-10-8-11-15-23)27(38)20-34-21-28(39)26(19-24-16-12-9-13-17-24)37(32(42)43)33(4,5)6/h8-17,22,25-28,30,34,38-39H,7,18-21H2,1-6H3,(H,35,41)(H,36,40)(H,42,43)/t25-,26-,27+,28+,30-/m0/s1. The molecule has 0 aromatic heterocycles. The van der Waals surface area contributed by atoms with Crippen LogP contribution >= 0.6 is 0 Å². The first-order valence-electron chi connectivity index (χ1n) is 15.0. The van der Waals surface area contributed by atoms with Gasteiger partial charge >= 0.3 is 6.09 Å². The average Bonchev–Trinajstić information content (AvgIpc) is 2.94. The van der Waals surface area contributed by atoms with Crippen molar-refractivity contribution in [2.45, 2.75) is 96.7 Å². The van der Waals surface area contributed by atoms with Crippen LogP contribution in [0.3, 0.4) is 0 Å². The monoisotopic (exact) mass is 598 g/mol. The van der Waals surface area contributed by atoms with Crippen molar-refractivity contribution in [3.63, 3.8) is 0 Å². The Hall–Kier alpha value is -3.47. The molecule has 0 aliphatic rings. The summed E-state index contributed by atoms with van der Waals surface area (Å²) in [7, 11) is 0. The van der Waals surface area contributed by atoms with Gasteiger partial charge < -0.3 is 31.3 Å². The smallest absolute Gasteiger partial charge is 0.408 e. The van der Waals surface area contributed by atoms with Crippen molar-refractivity contribution in [2.24, 2.45) is 5.92 Å². The van der Waals surface area contributed by atoms with Gasteiger partial charge in [-0.25, -0.2) is 4.79 Å². The third kappa shape index (κ3) is 11.6. The number of hydrogen-bond acceptors (Lipinski definition) is 6. The molecule has 0 bridgehead atoms. The molecule has 0 aliphatic carbocycles. The Morgan fingerprint density at radius 3 is 1.79 bits per heavy atom. The van der Waals surface area contributed by atoms with E-state index in [0.29, 0.717) is 12.8 Å². The first-order chi connectivity index (χ1) is 20.2. The van der Waals surface area contributed by atoms with E-state index in [1.165, 1.54) is 4.90 Å². The number of aliphatic hydroxyl groups is 2. The molecule has 2 aromatic rings. The van der Waals surface area contributed by atoms with Gasteiger partial charge in [0.05, 0.1) is 24.3 Å². The van der Waals surface area contributed by atoms with Crippen LogP contribution in [0.25, 0.3) is 0 Å². The Labute approximate surface area is 255 Å². The molecule has 0 aliphatic heterocycles. The lowest BCUT2D eigenvalue weighted by Gasteiger charge is -2.42. The van der Waals surface area contributed by atoms with Gasteiger partial charge in [0.2, 0.25) is 11.8 Å². The summed E-state index contributed by atoms with van der Waals surface area (Å²) >= 11 is 0. The fourth-order valence-corrected chi connectivity index (χ4v) is 5.07. The maximum atomic E-state index is 13.3. The summed E-state index contributed by atoms with van der Waals surface area (Å²) in [6.07, 6.45) is -2.36. The van der Waals surface area contributed by atoms with Crippen molar-refractivity contribution in [2.75, 3.05) is 13.1 Å². The van der Waals surface area contributed by atoms with E-state index in [9.17, 15) is 29.7 Å². The lowest BCUT2D eigenvalue weighted by molar-refractivity contribution is -0.130. The average molecular weight is 599 g/mol. The van der Waals surface area contributed by atoms with Gasteiger partial charge in [-0.3, -0.25) is 14.5 Å². The summed E-state index contributed by atoms with van der Waals surface area (Å²) < 4.78 is 0. The summed E-state index contributed by atoms with van der Waals surface area (Å²) in [6.45, 7) is 10.8. The highest BCUT2D eigenvalue weighted by molar-refractivity contribution is 5.88. The molecular weight excluding hydrogens is 548 g/mol. The van der Waals surface area contributed by atoms with Gasteiger partial charge in [0.1, 0.15) is 6.04 Å². The topological polar surface area (TPSA) is 151 Å². The number of aliphatic hydroxyl groups excluding tert-OH is 2. The minimum atomic E-state index is -1.13. The van der Waals surface area contributed by atoms with Crippen LogP contribution in [-0.4, -0.2) is 87.1 Å². The van der Waals surface area contributed by atoms with Gasteiger partial charge in [-0.1, -0.05) is 81.4 Å². The maximum absolute atomic E-state index is 13.3. The van der Waals surface area contributed by atoms with Crippen molar-refractivity contribution in [3.05, 3.63) is 71.8 Å². The summed E-state index contributed by atoms with van der Waals surface area (Å²) in [5, 5.41) is 41.3. The van der Waals surface area contributed by atoms with Gasteiger partial charge in [0.15, 0.2) is 0 Å². The van der Waals surface area contributed by atoms with Crippen molar-refractivity contribution in [1.29, 1.82) is 0 Å². The van der Waals surface area contributed by atoms with E-state index in [2.05, 4.69) is 16.0 Å². The minimum Gasteiger partial charge on any atom is -0.465 e. The van der Waals surface area contributed by atoms with Gasteiger partial charge in [-0.2, -0.15) is 0 Å². The Kier molecular flexibility index (Phi) is 14.1. The second-order valence-corrected chi connectivity index (χ2v) is 12.3. The number of amides is 3. The zero-order valence-electron chi connectivity index (χ0n) is 26.3. The minimum absolute atomic E-state index is 0.0155. The number of carbonyl (C=O) groups is 3. The van der Waals surface area contributed by atoms with Crippen LogP contribution in [0, 0.1) is 5.92 Å². The first-order valence-corrected chi connectivity index (χ1v) is 15.0. The molecule has 0 unspecified atom stereocenters. The van der Waals surface area contributed by atoms with Crippen LogP contribution in [0.15, 0.2) is 60.7 Å². The Morgan fingerprint density at radius 2 is 1.33 bits per heavy atom. The van der Waals surface area contributed by atoms with Crippen LogP contribution in [0.2, 0.25) is 0 Å². The zero-order chi connectivity index (χ0) is 32.2. The molecule has 238 valence electrons. The van der Waals surface area contributed by atoms with E-state index in [-0.39, 0.29) is 37.2 Å². The predicted molar refractivity (Wildman–Crippen MR) is 168 cm³/mol. The number of carboxylic acid groups (broad SMARTS) is 1. The van der Waals surface area contributed by atoms with Crippen molar-refractivity contribution in [1.82, 2.24) is 20.9 Å². The molecule has 10 nitrogen and oxygen atoms in total. The van der Waals surface area contributed by atoms with Crippen molar-refractivity contribution < 1.29 is 29.7 Å². The van der Waals surface area contributed by atoms with E-state index < -0.39 is 42.0 Å². The number of nitrogens with one attached hydrogen (secondary N) is 3.